The molecule has 4 nitrogen and oxygen atoms in total. The lowest BCUT2D eigenvalue weighted by Gasteiger charge is -2.01. The Hall–Kier alpha value is -0.360. The van der Waals surface area contributed by atoms with Crippen molar-refractivity contribution in [2.24, 2.45) is 0 Å². The Morgan fingerprint density at radius 2 is 2.46 bits per heavy atom. The van der Waals surface area contributed by atoms with Crippen LogP contribution in [0.2, 0.25) is 0 Å². The average Bonchev–Trinajstić information content (AvgIpc) is 2.46. The molecular formula is C7H13N3OS2. The fraction of sp³-hybridized carbons (Fsp3) is 0.714. The molecule has 1 aromatic heterocycles. The molecule has 0 atom stereocenters. The summed E-state index contributed by atoms with van der Waals surface area (Å²) in [5.41, 5.74) is -0.122. The molecule has 13 heavy (non-hydrogen) atoms. The zero-order valence-corrected chi connectivity index (χ0v) is 9.20. The third kappa shape index (κ3) is 2.80. The highest BCUT2D eigenvalue weighted by Gasteiger charge is 2.06. The zero-order valence-electron chi connectivity index (χ0n) is 7.49. The summed E-state index contributed by atoms with van der Waals surface area (Å²) in [5.74, 6) is 1.66. The van der Waals surface area contributed by atoms with Gasteiger partial charge in [0.05, 0.1) is 0 Å². The van der Waals surface area contributed by atoms with Gasteiger partial charge in [0.15, 0.2) is 5.16 Å². The van der Waals surface area contributed by atoms with Crippen LogP contribution in [0.25, 0.3) is 0 Å². The highest BCUT2D eigenvalue weighted by molar-refractivity contribution is 7.99. The third-order valence-electron chi connectivity index (χ3n) is 1.49. The third-order valence-corrected chi connectivity index (χ3v) is 3.00. The van der Waals surface area contributed by atoms with Crippen molar-refractivity contribution in [3.05, 3.63) is 10.5 Å². The molecule has 0 aliphatic carbocycles. The Morgan fingerprint density at radius 1 is 1.69 bits per heavy atom. The van der Waals surface area contributed by atoms with Crippen LogP contribution in [0.15, 0.2) is 9.95 Å². The molecular weight excluding hydrogens is 206 g/mol. The molecule has 74 valence electrons. The number of aromatic nitrogens is 3. The van der Waals surface area contributed by atoms with Crippen molar-refractivity contribution in [2.75, 3.05) is 11.5 Å². The van der Waals surface area contributed by atoms with E-state index in [4.69, 9.17) is 0 Å². The number of thioether (sulfide) groups is 1. The molecule has 6 heteroatoms. The molecule has 0 bridgehead atoms. The predicted octanol–water partition coefficient (Wildman–Crippen LogP) is 1.00. The number of hydrogen-bond acceptors (Lipinski definition) is 4. The summed E-state index contributed by atoms with van der Waals surface area (Å²) in [6.45, 7) is 2.76. The molecule has 0 spiro atoms. The van der Waals surface area contributed by atoms with Crippen molar-refractivity contribution in [3.8, 4) is 0 Å². The number of thiol groups is 1. The van der Waals surface area contributed by atoms with Gasteiger partial charge in [-0.1, -0.05) is 18.7 Å². The molecule has 0 aromatic carbocycles. The highest BCUT2D eigenvalue weighted by Crippen LogP contribution is 2.12. The molecule has 0 aliphatic heterocycles. The van der Waals surface area contributed by atoms with Gasteiger partial charge in [-0.3, -0.25) is 4.57 Å². The monoisotopic (exact) mass is 219 g/mol. The van der Waals surface area contributed by atoms with Gasteiger partial charge in [-0.25, -0.2) is 9.89 Å². The van der Waals surface area contributed by atoms with Gasteiger partial charge in [0.25, 0.3) is 0 Å². The van der Waals surface area contributed by atoms with Gasteiger partial charge in [-0.05, 0) is 12.2 Å². The van der Waals surface area contributed by atoms with Crippen molar-refractivity contribution < 1.29 is 0 Å². The number of H-pyrrole nitrogens is 1. The highest BCUT2D eigenvalue weighted by atomic mass is 32.2. The van der Waals surface area contributed by atoms with E-state index in [1.54, 1.807) is 16.3 Å². The second-order valence-corrected chi connectivity index (χ2v) is 4.04. The molecule has 1 rings (SSSR count). The van der Waals surface area contributed by atoms with Crippen molar-refractivity contribution in [2.45, 2.75) is 25.0 Å². The van der Waals surface area contributed by atoms with Gasteiger partial charge >= 0.3 is 5.69 Å². The molecule has 1 aromatic rings. The molecule has 0 saturated carbocycles. The lowest BCUT2D eigenvalue weighted by molar-refractivity contribution is 0.604. The fourth-order valence-corrected chi connectivity index (χ4v) is 1.96. The minimum absolute atomic E-state index is 0.122. The number of aromatic amines is 1. The van der Waals surface area contributed by atoms with Crippen LogP contribution in [0, 0.1) is 0 Å². The summed E-state index contributed by atoms with van der Waals surface area (Å²) in [4.78, 5) is 11.2. The van der Waals surface area contributed by atoms with Gasteiger partial charge in [0.1, 0.15) is 0 Å². The predicted molar refractivity (Wildman–Crippen MR) is 57.7 cm³/mol. The molecule has 1 N–H and O–H groups in total. The van der Waals surface area contributed by atoms with Crippen LogP contribution in [0.3, 0.4) is 0 Å². The van der Waals surface area contributed by atoms with E-state index in [-0.39, 0.29) is 5.69 Å². The van der Waals surface area contributed by atoms with Crippen molar-refractivity contribution in [1.82, 2.24) is 14.8 Å². The quantitative estimate of drug-likeness (QED) is 0.574. The van der Waals surface area contributed by atoms with Gasteiger partial charge in [-0.15, -0.1) is 5.10 Å². The second-order valence-electron chi connectivity index (χ2n) is 2.54. The minimum Gasteiger partial charge on any atom is -0.270 e. The van der Waals surface area contributed by atoms with Crippen LogP contribution in [0.1, 0.15) is 13.3 Å². The Morgan fingerprint density at radius 3 is 3.08 bits per heavy atom. The van der Waals surface area contributed by atoms with E-state index in [1.165, 1.54) is 0 Å². The first-order valence-corrected chi connectivity index (χ1v) is 5.80. The standard InChI is InChI=1S/C7H13N3OS2/c1-2-3-10-6(11)8-9-7(10)13-5-4-12/h12H,2-5H2,1H3,(H,8,11). The number of nitrogens with one attached hydrogen (secondary N) is 1. The Labute approximate surface area is 86.5 Å². The summed E-state index contributed by atoms with van der Waals surface area (Å²) in [6.07, 6.45) is 0.938. The second kappa shape index (κ2) is 5.39. The van der Waals surface area contributed by atoms with Crippen molar-refractivity contribution >= 4 is 24.4 Å². The lowest BCUT2D eigenvalue weighted by atomic mass is 10.5. The van der Waals surface area contributed by atoms with Gasteiger partial charge < -0.3 is 0 Å². The van der Waals surface area contributed by atoms with Crippen LogP contribution in [-0.2, 0) is 6.54 Å². The summed E-state index contributed by atoms with van der Waals surface area (Å²) in [5, 5.41) is 7.13. The molecule has 1 heterocycles. The van der Waals surface area contributed by atoms with Crippen LogP contribution >= 0.6 is 24.4 Å². The van der Waals surface area contributed by atoms with E-state index in [2.05, 4.69) is 22.8 Å². The first kappa shape index (κ1) is 10.7. The smallest absolute Gasteiger partial charge is 0.270 e. The average molecular weight is 219 g/mol. The molecule has 0 saturated heterocycles. The minimum atomic E-state index is -0.122. The van der Waals surface area contributed by atoms with E-state index in [0.717, 1.165) is 29.6 Å². The fourth-order valence-electron chi connectivity index (χ4n) is 0.971. The van der Waals surface area contributed by atoms with E-state index < -0.39 is 0 Å². The zero-order chi connectivity index (χ0) is 9.68. The first-order chi connectivity index (χ1) is 6.29. The summed E-state index contributed by atoms with van der Waals surface area (Å²) < 4.78 is 1.66. The van der Waals surface area contributed by atoms with Gasteiger partial charge in [0, 0.05) is 12.3 Å². The Balaban J connectivity index is 2.74. The Kier molecular flexibility index (Phi) is 4.44. The molecule has 0 amide bonds. The number of hydrogen-bond donors (Lipinski definition) is 2. The summed E-state index contributed by atoms with van der Waals surface area (Å²) in [6, 6.07) is 0. The maximum absolute atomic E-state index is 11.2. The van der Waals surface area contributed by atoms with Crippen molar-refractivity contribution in [3.63, 3.8) is 0 Å². The molecule has 0 aliphatic rings. The van der Waals surface area contributed by atoms with E-state index in [9.17, 15) is 4.79 Å². The lowest BCUT2D eigenvalue weighted by Crippen LogP contribution is -2.17. The van der Waals surface area contributed by atoms with E-state index >= 15 is 0 Å². The molecule has 0 radical (unpaired) electrons. The van der Waals surface area contributed by atoms with Gasteiger partial charge in [0.2, 0.25) is 0 Å². The largest absolute Gasteiger partial charge is 0.343 e. The number of nitrogens with zero attached hydrogens (tertiary/aromatic N) is 2. The molecule has 0 fully saturated rings. The van der Waals surface area contributed by atoms with Crippen LogP contribution in [0.4, 0.5) is 0 Å². The molecule has 0 unspecified atom stereocenters. The SMILES string of the molecule is CCCn1c(SCCS)n[nH]c1=O. The van der Waals surface area contributed by atoms with Crippen LogP contribution in [-0.4, -0.2) is 26.3 Å². The normalized spacial score (nSPS) is 10.6. The first-order valence-electron chi connectivity index (χ1n) is 4.18. The summed E-state index contributed by atoms with van der Waals surface area (Å²) >= 11 is 5.65. The van der Waals surface area contributed by atoms with Crippen molar-refractivity contribution in [1.29, 1.82) is 0 Å². The maximum atomic E-state index is 11.2. The number of rotatable bonds is 5. The topological polar surface area (TPSA) is 50.7 Å². The van der Waals surface area contributed by atoms with Gasteiger partial charge in [-0.2, -0.15) is 12.6 Å². The van der Waals surface area contributed by atoms with Crippen LogP contribution < -0.4 is 5.69 Å². The van der Waals surface area contributed by atoms with Crippen LogP contribution in [0.5, 0.6) is 0 Å². The van der Waals surface area contributed by atoms with E-state index in [1.807, 2.05) is 6.92 Å². The maximum Gasteiger partial charge on any atom is 0.343 e. The van der Waals surface area contributed by atoms with E-state index in [0.29, 0.717) is 0 Å². The summed E-state index contributed by atoms with van der Waals surface area (Å²) in [7, 11) is 0. The Bertz CT molecular complexity index is 307.